The average molecular weight is 205 g/mol. The van der Waals surface area contributed by atoms with Crippen LogP contribution in [0.4, 0.5) is 0 Å². The van der Waals surface area contributed by atoms with Crippen molar-refractivity contribution in [2.24, 2.45) is 0 Å². The molecule has 3 nitrogen and oxygen atoms in total. The molecule has 2 aliphatic rings. The van der Waals surface area contributed by atoms with Crippen molar-refractivity contribution >= 4 is 0 Å². The molecular formula is C12H15NO2. The largest absolute Gasteiger partial charge is 0.454 e. The van der Waals surface area contributed by atoms with Gasteiger partial charge in [0.05, 0.1) is 0 Å². The Kier molecular flexibility index (Phi) is 2.06. The third-order valence-corrected chi connectivity index (χ3v) is 3.20. The van der Waals surface area contributed by atoms with E-state index in [1.807, 2.05) is 6.07 Å². The molecule has 80 valence electrons. The maximum Gasteiger partial charge on any atom is 0.231 e. The number of hydrogen-bond acceptors (Lipinski definition) is 3. The molecule has 0 spiro atoms. The lowest BCUT2D eigenvalue weighted by molar-refractivity contribution is 0.173. The van der Waals surface area contributed by atoms with E-state index in [2.05, 4.69) is 18.3 Å². The summed E-state index contributed by atoms with van der Waals surface area (Å²) in [5.74, 6) is 1.85. The molecule has 1 aromatic rings. The number of hydrogen-bond donors (Lipinski definition) is 1. The fourth-order valence-electron chi connectivity index (χ4n) is 2.46. The lowest BCUT2D eigenvalue weighted by Crippen LogP contribution is -2.14. The Morgan fingerprint density at radius 1 is 1.33 bits per heavy atom. The highest BCUT2D eigenvalue weighted by molar-refractivity contribution is 5.53. The Labute approximate surface area is 89.4 Å². The van der Waals surface area contributed by atoms with Gasteiger partial charge in [-0.05, 0) is 37.9 Å². The first-order valence-corrected chi connectivity index (χ1v) is 5.49. The van der Waals surface area contributed by atoms with Crippen LogP contribution in [0.15, 0.2) is 12.1 Å². The lowest BCUT2D eigenvalue weighted by atomic mass is 9.98. The smallest absolute Gasteiger partial charge is 0.231 e. The van der Waals surface area contributed by atoms with E-state index in [9.17, 15) is 0 Å². The zero-order valence-electron chi connectivity index (χ0n) is 8.88. The van der Waals surface area contributed by atoms with Crippen molar-refractivity contribution in [2.45, 2.75) is 25.8 Å². The SMILES string of the molecule is Cc1ccc2c(c1C1CCCN1)OCO2. The summed E-state index contributed by atoms with van der Waals surface area (Å²) in [7, 11) is 0. The van der Waals surface area contributed by atoms with Gasteiger partial charge in [0, 0.05) is 11.6 Å². The van der Waals surface area contributed by atoms with E-state index >= 15 is 0 Å². The van der Waals surface area contributed by atoms with Crippen LogP contribution in [-0.4, -0.2) is 13.3 Å². The Balaban J connectivity index is 2.08. The minimum atomic E-state index is 0.360. The quantitative estimate of drug-likeness (QED) is 0.762. The molecule has 15 heavy (non-hydrogen) atoms. The van der Waals surface area contributed by atoms with E-state index in [4.69, 9.17) is 9.47 Å². The zero-order chi connectivity index (χ0) is 10.3. The van der Waals surface area contributed by atoms with Crippen LogP contribution in [0.3, 0.4) is 0 Å². The van der Waals surface area contributed by atoms with Crippen molar-refractivity contribution in [3.8, 4) is 11.5 Å². The molecule has 0 radical (unpaired) electrons. The van der Waals surface area contributed by atoms with Gasteiger partial charge in [-0.3, -0.25) is 0 Å². The van der Waals surface area contributed by atoms with E-state index in [1.54, 1.807) is 0 Å². The molecule has 2 heterocycles. The molecule has 1 aromatic carbocycles. The molecule has 1 atom stereocenters. The summed E-state index contributed by atoms with van der Waals surface area (Å²) in [6.45, 7) is 3.60. The average Bonchev–Trinajstić information content (AvgIpc) is 2.85. The Hall–Kier alpha value is -1.22. The summed E-state index contributed by atoms with van der Waals surface area (Å²) in [5, 5.41) is 3.51. The predicted octanol–water partition coefficient (Wildman–Crippen LogP) is 2.15. The first-order chi connectivity index (χ1) is 7.36. The maximum atomic E-state index is 5.56. The maximum absolute atomic E-state index is 5.56. The summed E-state index contributed by atoms with van der Waals surface area (Å²) in [6.07, 6.45) is 2.44. The van der Waals surface area contributed by atoms with Crippen molar-refractivity contribution in [3.63, 3.8) is 0 Å². The number of fused-ring (bicyclic) bond motifs is 1. The molecule has 0 bridgehead atoms. The van der Waals surface area contributed by atoms with Crippen molar-refractivity contribution in [1.29, 1.82) is 0 Å². The minimum absolute atomic E-state index is 0.360. The minimum Gasteiger partial charge on any atom is -0.454 e. The number of nitrogens with one attached hydrogen (secondary N) is 1. The molecule has 1 fully saturated rings. The molecule has 1 saturated heterocycles. The molecule has 1 unspecified atom stereocenters. The first kappa shape index (κ1) is 9.04. The fourth-order valence-corrected chi connectivity index (χ4v) is 2.46. The summed E-state index contributed by atoms with van der Waals surface area (Å²) < 4.78 is 11.0. The molecule has 0 aliphatic carbocycles. The third kappa shape index (κ3) is 1.38. The monoisotopic (exact) mass is 205 g/mol. The van der Waals surface area contributed by atoms with Gasteiger partial charge in [-0.25, -0.2) is 0 Å². The highest BCUT2D eigenvalue weighted by Crippen LogP contribution is 2.42. The number of benzene rings is 1. The van der Waals surface area contributed by atoms with Gasteiger partial charge < -0.3 is 14.8 Å². The highest BCUT2D eigenvalue weighted by Gasteiger charge is 2.26. The first-order valence-electron chi connectivity index (χ1n) is 5.49. The van der Waals surface area contributed by atoms with Gasteiger partial charge in [0.25, 0.3) is 0 Å². The topological polar surface area (TPSA) is 30.5 Å². The van der Waals surface area contributed by atoms with Crippen molar-refractivity contribution in [2.75, 3.05) is 13.3 Å². The van der Waals surface area contributed by atoms with Crippen molar-refractivity contribution in [1.82, 2.24) is 5.32 Å². The van der Waals surface area contributed by atoms with Gasteiger partial charge >= 0.3 is 0 Å². The van der Waals surface area contributed by atoms with Gasteiger partial charge in [-0.2, -0.15) is 0 Å². The normalized spacial score (nSPS) is 23.4. The predicted molar refractivity (Wildman–Crippen MR) is 57.3 cm³/mol. The third-order valence-electron chi connectivity index (χ3n) is 3.20. The molecule has 0 saturated carbocycles. The van der Waals surface area contributed by atoms with Crippen LogP contribution in [0.1, 0.15) is 30.0 Å². The molecular weight excluding hydrogens is 190 g/mol. The summed E-state index contributed by atoms with van der Waals surface area (Å²) in [5.41, 5.74) is 2.58. The van der Waals surface area contributed by atoms with Crippen LogP contribution < -0.4 is 14.8 Å². The number of aryl methyl sites for hydroxylation is 1. The molecule has 0 aromatic heterocycles. The number of rotatable bonds is 1. The van der Waals surface area contributed by atoms with E-state index in [-0.39, 0.29) is 0 Å². The standard InChI is InChI=1S/C12H15NO2/c1-8-4-5-10-12(15-7-14-10)11(8)9-3-2-6-13-9/h4-5,9,13H,2-3,6-7H2,1H3. The van der Waals surface area contributed by atoms with E-state index in [0.29, 0.717) is 12.8 Å². The van der Waals surface area contributed by atoms with Gasteiger partial charge in [0.1, 0.15) is 0 Å². The van der Waals surface area contributed by atoms with Crippen LogP contribution >= 0.6 is 0 Å². The van der Waals surface area contributed by atoms with Gasteiger partial charge in [0.15, 0.2) is 11.5 Å². The Bertz CT molecular complexity index is 383. The molecule has 0 amide bonds. The van der Waals surface area contributed by atoms with E-state index < -0.39 is 0 Å². The highest BCUT2D eigenvalue weighted by atomic mass is 16.7. The van der Waals surface area contributed by atoms with Crippen molar-refractivity contribution < 1.29 is 9.47 Å². The zero-order valence-corrected chi connectivity index (χ0v) is 8.88. The fraction of sp³-hybridized carbons (Fsp3) is 0.500. The second kappa shape index (κ2) is 3.42. The van der Waals surface area contributed by atoms with Crippen molar-refractivity contribution in [3.05, 3.63) is 23.3 Å². The second-order valence-electron chi connectivity index (χ2n) is 4.18. The van der Waals surface area contributed by atoms with E-state index in [0.717, 1.165) is 18.0 Å². The molecule has 3 heteroatoms. The van der Waals surface area contributed by atoms with Gasteiger partial charge in [0.2, 0.25) is 6.79 Å². The van der Waals surface area contributed by atoms with Crippen LogP contribution in [-0.2, 0) is 0 Å². The summed E-state index contributed by atoms with van der Waals surface area (Å²) in [6, 6.07) is 4.56. The van der Waals surface area contributed by atoms with Gasteiger partial charge in [-0.15, -0.1) is 0 Å². The van der Waals surface area contributed by atoms with Crippen LogP contribution in [0.5, 0.6) is 11.5 Å². The molecule has 2 aliphatic heterocycles. The van der Waals surface area contributed by atoms with E-state index in [1.165, 1.54) is 24.0 Å². The number of ether oxygens (including phenoxy) is 2. The van der Waals surface area contributed by atoms with Crippen LogP contribution in [0.2, 0.25) is 0 Å². The summed E-state index contributed by atoms with van der Waals surface area (Å²) in [4.78, 5) is 0. The Morgan fingerprint density at radius 2 is 2.27 bits per heavy atom. The summed E-state index contributed by atoms with van der Waals surface area (Å²) >= 11 is 0. The van der Waals surface area contributed by atoms with Gasteiger partial charge in [-0.1, -0.05) is 6.07 Å². The molecule has 1 N–H and O–H groups in total. The molecule has 3 rings (SSSR count). The second-order valence-corrected chi connectivity index (χ2v) is 4.18. The Morgan fingerprint density at radius 3 is 3.07 bits per heavy atom. The lowest BCUT2D eigenvalue weighted by Gasteiger charge is -2.16. The van der Waals surface area contributed by atoms with Crippen LogP contribution in [0.25, 0.3) is 0 Å². The van der Waals surface area contributed by atoms with Crippen LogP contribution in [0, 0.1) is 6.92 Å².